The van der Waals surface area contributed by atoms with E-state index in [1.807, 2.05) is 18.2 Å². The average Bonchev–Trinajstić information content (AvgIpc) is 2.64. The van der Waals surface area contributed by atoms with E-state index in [4.69, 9.17) is 0 Å². The molecule has 0 N–H and O–H groups in total. The first-order chi connectivity index (χ1) is 12.3. The van der Waals surface area contributed by atoms with Crippen molar-refractivity contribution in [1.29, 1.82) is 0 Å². The topological polar surface area (TPSA) is 42.4 Å². The van der Waals surface area contributed by atoms with E-state index in [-0.39, 0.29) is 17.8 Å². The van der Waals surface area contributed by atoms with Crippen LogP contribution >= 0.6 is 0 Å². The number of hydrogen-bond acceptors (Lipinski definition) is 3. The van der Waals surface area contributed by atoms with Crippen molar-refractivity contribution in [2.75, 3.05) is 13.7 Å². The highest BCUT2D eigenvalue weighted by Gasteiger charge is 2.29. The van der Waals surface area contributed by atoms with Gasteiger partial charge in [-0.25, -0.2) is 4.98 Å². The second-order valence-corrected chi connectivity index (χ2v) is 6.31. The number of nitrogens with zero attached hydrogens (tertiary/aromatic N) is 2. The van der Waals surface area contributed by atoms with Gasteiger partial charge in [-0.1, -0.05) is 24.3 Å². The molecule has 1 amide bonds. The number of alkyl halides is 3. The average molecular weight is 364 g/mol. The van der Waals surface area contributed by atoms with Crippen LogP contribution in [0.3, 0.4) is 0 Å². The van der Waals surface area contributed by atoms with Crippen LogP contribution in [0.15, 0.2) is 42.6 Å². The molecule has 0 spiro atoms. The Labute approximate surface area is 149 Å². The van der Waals surface area contributed by atoms with Crippen molar-refractivity contribution >= 4 is 5.91 Å². The van der Waals surface area contributed by atoms with E-state index in [0.717, 1.165) is 24.8 Å². The summed E-state index contributed by atoms with van der Waals surface area (Å²) in [6.07, 6.45) is -0.299. The van der Waals surface area contributed by atoms with Crippen LogP contribution in [0.4, 0.5) is 13.2 Å². The number of carbonyl (C=O) groups is 1. The molecular formula is C19H19F3N2O2. The Bertz CT molecular complexity index is 775. The number of ether oxygens (including phenoxy) is 1. The van der Waals surface area contributed by atoms with E-state index in [1.165, 1.54) is 23.9 Å². The van der Waals surface area contributed by atoms with E-state index in [0.29, 0.717) is 5.56 Å². The lowest BCUT2D eigenvalue weighted by atomic mass is 9.87. The lowest BCUT2D eigenvalue weighted by molar-refractivity contribution is -0.154. The highest BCUT2D eigenvalue weighted by atomic mass is 19.4. The van der Waals surface area contributed by atoms with Gasteiger partial charge in [0.05, 0.1) is 11.6 Å². The fourth-order valence-corrected chi connectivity index (χ4v) is 3.22. The normalized spacial score (nSPS) is 16.7. The summed E-state index contributed by atoms with van der Waals surface area (Å²) in [6.45, 7) is -1.41. The molecule has 0 bridgehead atoms. The molecule has 1 unspecified atom stereocenters. The Morgan fingerprint density at radius 2 is 2.04 bits per heavy atom. The summed E-state index contributed by atoms with van der Waals surface area (Å²) < 4.78 is 41.1. The molecule has 138 valence electrons. The molecule has 4 nitrogen and oxygen atoms in total. The van der Waals surface area contributed by atoms with Gasteiger partial charge in [0, 0.05) is 19.3 Å². The largest absolute Gasteiger partial charge is 0.468 e. The number of aryl methyl sites for hydroxylation is 1. The van der Waals surface area contributed by atoms with Crippen LogP contribution in [0.5, 0.6) is 5.88 Å². The summed E-state index contributed by atoms with van der Waals surface area (Å²) in [7, 11) is 1.74. The fraction of sp³-hybridized carbons (Fsp3) is 0.368. The zero-order valence-electron chi connectivity index (χ0n) is 14.3. The van der Waals surface area contributed by atoms with Gasteiger partial charge in [-0.05, 0) is 36.5 Å². The molecule has 1 heterocycles. The third-order valence-corrected chi connectivity index (χ3v) is 4.49. The zero-order valence-corrected chi connectivity index (χ0v) is 14.3. The second-order valence-electron chi connectivity index (χ2n) is 6.31. The molecule has 0 radical (unpaired) electrons. The van der Waals surface area contributed by atoms with E-state index in [2.05, 4.69) is 15.8 Å². The van der Waals surface area contributed by atoms with E-state index >= 15 is 0 Å². The first kappa shape index (κ1) is 18.2. The first-order valence-corrected chi connectivity index (χ1v) is 8.36. The van der Waals surface area contributed by atoms with Gasteiger partial charge in [0.2, 0.25) is 5.88 Å². The number of rotatable bonds is 4. The van der Waals surface area contributed by atoms with Crippen molar-refractivity contribution in [3.63, 3.8) is 0 Å². The number of amides is 1. The van der Waals surface area contributed by atoms with E-state index in [1.54, 1.807) is 11.9 Å². The monoisotopic (exact) mass is 364 g/mol. The van der Waals surface area contributed by atoms with Crippen LogP contribution in [0.25, 0.3) is 0 Å². The Morgan fingerprint density at radius 3 is 2.73 bits per heavy atom. The molecule has 0 aliphatic heterocycles. The van der Waals surface area contributed by atoms with Crippen molar-refractivity contribution in [3.05, 3.63) is 59.3 Å². The van der Waals surface area contributed by atoms with Gasteiger partial charge in [-0.15, -0.1) is 0 Å². The zero-order chi connectivity index (χ0) is 18.7. The number of pyridine rings is 1. The van der Waals surface area contributed by atoms with Crippen molar-refractivity contribution in [3.8, 4) is 5.88 Å². The van der Waals surface area contributed by atoms with Crippen molar-refractivity contribution in [2.24, 2.45) is 0 Å². The molecule has 7 heteroatoms. The predicted molar refractivity (Wildman–Crippen MR) is 90.0 cm³/mol. The van der Waals surface area contributed by atoms with Crippen molar-refractivity contribution in [2.45, 2.75) is 31.5 Å². The smallest absolute Gasteiger partial charge is 0.422 e. The van der Waals surface area contributed by atoms with E-state index < -0.39 is 12.8 Å². The highest BCUT2D eigenvalue weighted by Crippen LogP contribution is 2.34. The number of halogens is 3. The molecular weight excluding hydrogens is 345 g/mol. The van der Waals surface area contributed by atoms with E-state index in [9.17, 15) is 18.0 Å². The van der Waals surface area contributed by atoms with Gasteiger partial charge in [-0.2, -0.15) is 13.2 Å². The lowest BCUT2D eigenvalue weighted by Crippen LogP contribution is -2.33. The summed E-state index contributed by atoms with van der Waals surface area (Å²) in [6, 6.07) is 10.8. The number of fused-ring (bicyclic) bond motifs is 1. The standard InChI is InChI=1S/C19H19F3N2O2/c1-24(16-8-4-6-13-5-2-3-7-15(13)16)18(25)14-9-10-17(23-11-14)26-12-19(20,21)22/h2-3,5,7,9-11,16H,4,6,8,12H2,1H3. The summed E-state index contributed by atoms with van der Waals surface area (Å²) in [5.41, 5.74) is 2.71. The Kier molecular flexibility index (Phi) is 5.15. The number of carbonyl (C=O) groups excluding carboxylic acids is 1. The fourth-order valence-electron chi connectivity index (χ4n) is 3.22. The van der Waals surface area contributed by atoms with Crippen LogP contribution in [-0.2, 0) is 6.42 Å². The molecule has 1 atom stereocenters. The molecule has 0 saturated carbocycles. The number of hydrogen-bond donors (Lipinski definition) is 0. The first-order valence-electron chi connectivity index (χ1n) is 8.36. The summed E-state index contributed by atoms with van der Waals surface area (Å²) in [5, 5.41) is 0. The molecule has 26 heavy (non-hydrogen) atoms. The maximum Gasteiger partial charge on any atom is 0.422 e. The van der Waals surface area contributed by atoms with Gasteiger partial charge in [0.1, 0.15) is 0 Å². The SMILES string of the molecule is CN(C(=O)c1ccc(OCC(F)(F)F)nc1)C1CCCc2ccccc21. The van der Waals surface area contributed by atoms with Crippen molar-refractivity contribution < 1.29 is 22.7 Å². The van der Waals surface area contributed by atoms with Gasteiger partial charge < -0.3 is 9.64 Å². The number of benzene rings is 1. The Balaban J connectivity index is 1.71. The van der Waals surface area contributed by atoms with Crippen LogP contribution in [-0.4, -0.2) is 35.6 Å². The molecule has 0 fully saturated rings. The van der Waals surface area contributed by atoms with Crippen LogP contribution in [0, 0.1) is 0 Å². The molecule has 1 aliphatic rings. The van der Waals surface area contributed by atoms with Crippen LogP contribution in [0.2, 0.25) is 0 Å². The molecule has 1 aromatic carbocycles. The molecule has 0 saturated heterocycles. The second kappa shape index (κ2) is 7.35. The minimum Gasteiger partial charge on any atom is -0.468 e. The maximum absolute atomic E-state index is 12.7. The van der Waals surface area contributed by atoms with Crippen LogP contribution < -0.4 is 4.74 Å². The maximum atomic E-state index is 12.7. The van der Waals surface area contributed by atoms with Gasteiger partial charge >= 0.3 is 6.18 Å². The van der Waals surface area contributed by atoms with Gasteiger partial charge in [0.15, 0.2) is 6.61 Å². The third kappa shape index (κ3) is 4.15. The Morgan fingerprint density at radius 1 is 1.27 bits per heavy atom. The minimum atomic E-state index is -4.43. The Hall–Kier alpha value is -2.57. The highest BCUT2D eigenvalue weighted by molar-refractivity contribution is 5.94. The summed E-state index contributed by atoms with van der Waals surface area (Å²) >= 11 is 0. The molecule has 3 rings (SSSR count). The summed E-state index contributed by atoms with van der Waals surface area (Å²) in [4.78, 5) is 18.2. The minimum absolute atomic E-state index is 0.0198. The molecule has 1 aromatic heterocycles. The third-order valence-electron chi connectivity index (χ3n) is 4.49. The molecule has 1 aliphatic carbocycles. The predicted octanol–water partition coefficient (Wildman–Crippen LogP) is 4.17. The molecule has 2 aromatic rings. The van der Waals surface area contributed by atoms with Gasteiger partial charge in [0.25, 0.3) is 5.91 Å². The van der Waals surface area contributed by atoms with Crippen LogP contribution in [0.1, 0.15) is 40.4 Å². The summed E-state index contributed by atoms with van der Waals surface area (Å²) in [5.74, 6) is -0.383. The van der Waals surface area contributed by atoms with Crippen molar-refractivity contribution in [1.82, 2.24) is 9.88 Å². The van der Waals surface area contributed by atoms with Gasteiger partial charge in [-0.3, -0.25) is 4.79 Å². The number of aromatic nitrogens is 1. The quantitative estimate of drug-likeness (QED) is 0.818. The lowest BCUT2D eigenvalue weighted by Gasteiger charge is -2.33.